The third-order valence-corrected chi connectivity index (χ3v) is 3.35. The van der Waals surface area contributed by atoms with Gasteiger partial charge in [-0.15, -0.1) is 0 Å². The predicted octanol–water partition coefficient (Wildman–Crippen LogP) is 1.57. The Hall–Kier alpha value is -2.25. The second-order valence-electron chi connectivity index (χ2n) is 5.32. The topological polar surface area (TPSA) is 85.8 Å². The first-order chi connectivity index (χ1) is 10.5. The van der Waals surface area contributed by atoms with Crippen LogP contribution in [0.5, 0.6) is 0 Å². The van der Waals surface area contributed by atoms with Crippen LogP contribution in [0.4, 0.5) is 5.82 Å². The van der Waals surface area contributed by atoms with Gasteiger partial charge in [0, 0.05) is 12.7 Å². The van der Waals surface area contributed by atoms with E-state index in [2.05, 4.69) is 24.8 Å². The standard InChI is InChI=1S/C14H16ClN7/c1-21(2)7-10-4-3-9(5-17-10)6-22-8-18-11-12(16)19-14(15)20-13(11)22/h3-5,8H,6-7H2,1-2H3,(H2,16,19,20). The molecule has 0 radical (unpaired) electrons. The molecule has 3 aromatic heterocycles. The summed E-state index contributed by atoms with van der Waals surface area (Å²) in [6.45, 7) is 1.41. The van der Waals surface area contributed by atoms with Crippen LogP contribution in [-0.4, -0.2) is 43.5 Å². The quantitative estimate of drug-likeness (QED) is 0.735. The van der Waals surface area contributed by atoms with Crippen LogP contribution in [0.2, 0.25) is 5.28 Å². The van der Waals surface area contributed by atoms with Gasteiger partial charge >= 0.3 is 0 Å². The van der Waals surface area contributed by atoms with Gasteiger partial charge < -0.3 is 15.2 Å². The Morgan fingerprint density at radius 1 is 1.23 bits per heavy atom. The highest BCUT2D eigenvalue weighted by molar-refractivity contribution is 6.28. The third kappa shape index (κ3) is 3.00. The van der Waals surface area contributed by atoms with E-state index in [1.165, 1.54) is 0 Å². The van der Waals surface area contributed by atoms with Gasteiger partial charge in [-0.3, -0.25) is 4.98 Å². The van der Waals surface area contributed by atoms with Gasteiger partial charge in [0.25, 0.3) is 0 Å². The molecular weight excluding hydrogens is 302 g/mol. The molecule has 0 aliphatic carbocycles. The second-order valence-corrected chi connectivity index (χ2v) is 5.66. The number of anilines is 1. The van der Waals surface area contributed by atoms with Crippen LogP contribution in [-0.2, 0) is 13.1 Å². The molecule has 0 amide bonds. The van der Waals surface area contributed by atoms with Crippen molar-refractivity contribution < 1.29 is 0 Å². The lowest BCUT2D eigenvalue weighted by Gasteiger charge is -2.09. The lowest BCUT2D eigenvalue weighted by atomic mass is 10.2. The van der Waals surface area contributed by atoms with Crippen molar-refractivity contribution >= 4 is 28.6 Å². The minimum absolute atomic E-state index is 0.117. The molecule has 3 aromatic rings. The van der Waals surface area contributed by atoms with Crippen LogP contribution in [0.3, 0.4) is 0 Å². The van der Waals surface area contributed by atoms with Crippen LogP contribution in [0.1, 0.15) is 11.3 Å². The third-order valence-electron chi connectivity index (χ3n) is 3.18. The number of hydrogen-bond donors (Lipinski definition) is 1. The largest absolute Gasteiger partial charge is 0.382 e. The van der Waals surface area contributed by atoms with Gasteiger partial charge in [-0.2, -0.15) is 9.97 Å². The molecule has 3 rings (SSSR count). The Morgan fingerprint density at radius 2 is 2.05 bits per heavy atom. The number of hydrogen-bond acceptors (Lipinski definition) is 6. The number of rotatable bonds is 4. The molecule has 2 N–H and O–H groups in total. The molecule has 0 bridgehead atoms. The summed E-state index contributed by atoms with van der Waals surface area (Å²) >= 11 is 5.86. The van der Waals surface area contributed by atoms with Gasteiger partial charge in [0.1, 0.15) is 5.52 Å². The molecule has 7 nitrogen and oxygen atoms in total. The van der Waals surface area contributed by atoms with E-state index in [1.807, 2.05) is 37.0 Å². The summed E-state index contributed by atoms with van der Waals surface area (Å²) in [7, 11) is 4.03. The van der Waals surface area contributed by atoms with Gasteiger partial charge in [0.05, 0.1) is 18.6 Å². The molecule has 0 aromatic carbocycles. The van der Waals surface area contributed by atoms with Crippen LogP contribution in [0.15, 0.2) is 24.7 Å². The molecule has 0 saturated carbocycles. The number of nitrogen functional groups attached to an aromatic ring is 1. The van der Waals surface area contributed by atoms with Crippen LogP contribution in [0.25, 0.3) is 11.2 Å². The fourth-order valence-electron chi connectivity index (χ4n) is 2.22. The summed E-state index contributed by atoms with van der Waals surface area (Å²) in [4.78, 5) is 18.9. The highest BCUT2D eigenvalue weighted by Crippen LogP contribution is 2.19. The average molecular weight is 318 g/mol. The smallest absolute Gasteiger partial charge is 0.226 e. The van der Waals surface area contributed by atoms with E-state index in [-0.39, 0.29) is 11.1 Å². The van der Waals surface area contributed by atoms with Crippen LogP contribution < -0.4 is 5.73 Å². The van der Waals surface area contributed by atoms with Gasteiger partial charge in [0.15, 0.2) is 11.5 Å². The molecule has 0 atom stereocenters. The fraction of sp³-hybridized carbons (Fsp3) is 0.286. The Labute approximate surface area is 132 Å². The first-order valence-corrected chi connectivity index (χ1v) is 7.13. The molecule has 0 aliphatic heterocycles. The number of imidazole rings is 1. The minimum atomic E-state index is 0.117. The lowest BCUT2D eigenvalue weighted by molar-refractivity contribution is 0.397. The van der Waals surface area contributed by atoms with Crippen molar-refractivity contribution in [3.63, 3.8) is 0 Å². The maximum Gasteiger partial charge on any atom is 0.226 e. The number of nitrogens with two attached hydrogens (primary N) is 1. The average Bonchev–Trinajstić information content (AvgIpc) is 2.84. The SMILES string of the molecule is CN(C)Cc1ccc(Cn2cnc3c(N)nc(Cl)nc32)cn1. The molecule has 8 heteroatoms. The molecule has 0 unspecified atom stereocenters. The normalized spacial score (nSPS) is 11.5. The van der Waals surface area contributed by atoms with E-state index in [4.69, 9.17) is 17.3 Å². The molecule has 0 aliphatic rings. The summed E-state index contributed by atoms with van der Waals surface area (Å²) < 4.78 is 1.88. The molecule has 114 valence electrons. The van der Waals surface area contributed by atoms with Crippen molar-refractivity contribution in [1.29, 1.82) is 0 Å². The van der Waals surface area contributed by atoms with Crippen molar-refractivity contribution in [2.24, 2.45) is 0 Å². The van der Waals surface area contributed by atoms with Gasteiger partial charge in [-0.05, 0) is 37.3 Å². The molecule has 22 heavy (non-hydrogen) atoms. The minimum Gasteiger partial charge on any atom is -0.382 e. The molecule has 0 spiro atoms. The summed E-state index contributed by atoms with van der Waals surface area (Å²) in [5.41, 5.74) is 9.06. The first kappa shape index (κ1) is 14.7. The summed E-state index contributed by atoms with van der Waals surface area (Å²) in [5.74, 6) is 0.285. The van der Waals surface area contributed by atoms with Gasteiger partial charge in [-0.1, -0.05) is 6.07 Å². The number of pyridine rings is 1. The Bertz CT molecular complexity index is 795. The van der Waals surface area contributed by atoms with E-state index in [9.17, 15) is 0 Å². The second kappa shape index (κ2) is 5.86. The van der Waals surface area contributed by atoms with E-state index in [0.29, 0.717) is 17.7 Å². The zero-order valence-corrected chi connectivity index (χ0v) is 13.1. The summed E-state index contributed by atoms with van der Waals surface area (Å²) in [5, 5.41) is 0.117. The maximum absolute atomic E-state index is 5.86. The molecule has 3 heterocycles. The van der Waals surface area contributed by atoms with Crippen molar-refractivity contribution in [3.8, 4) is 0 Å². The first-order valence-electron chi connectivity index (χ1n) is 6.75. The Balaban J connectivity index is 1.87. The highest BCUT2D eigenvalue weighted by atomic mass is 35.5. The lowest BCUT2D eigenvalue weighted by Crippen LogP contribution is -2.12. The van der Waals surface area contributed by atoms with E-state index in [0.717, 1.165) is 17.8 Å². The van der Waals surface area contributed by atoms with Gasteiger partial charge in [-0.25, -0.2) is 4.98 Å². The summed E-state index contributed by atoms with van der Waals surface area (Å²) in [6, 6.07) is 4.06. The molecule has 0 saturated heterocycles. The van der Waals surface area contributed by atoms with Crippen LogP contribution >= 0.6 is 11.6 Å². The number of aromatic nitrogens is 5. The maximum atomic E-state index is 5.86. The monoisotopic (exact) mass is 317 g/mol. The van der Waals surface area contributed by atoms with Crippen LogP contribution in [0, 0.1) is 0 Å². The zero-order valence-electron chi connectivity index (χ0n) is 12.4. The number of halogens is 1. The van der Waals surface area contributed by atoms with Crippen molar-refractivity contribution in [2.75, 3.05) is 19.8 Å². The number of nitrogens with zero attached hydrogens (tertiary/aromatic N) is 6. The van der Waals surface area contributed by atoms with Crippen molar-refractivity contribution in [1.82, 2.24) is 29.4 Å². The van der Waals surface area contributed by atoms with E-state index in [1.54, 1.807) is 6.33 Å². The summed E-state index contributed by atoms with van der Waals surface area (Å²) in [6.07, 6.45) is 3.54. The molecule has 0 fully saturated rings. The Kier molecular flexibility index (Phi) is 3.91. The van der Waals surface area contributed by atoms with Crippen molar-refractivity contribution in [2.45, 2.75) is 13.1 Å². The Morgan fingerprint density at radius 3 is 2.73 bits per heavy atom. The predicted molar refractivity (Wildman–Crippen MR) is 85.5 cm³/mol. The van der Waals surface area contributed by atoms with Gasteiger partial charge in [0.2, 0.25) is 5.28 Å². The highest BCUT2D eigenvalue weighted by Gasteiger charge is 2.10. The number of fused-ring (bicyclic) bond motifs is 1. The molecular formula is C14H16ClN7. The zero-order chi connectivity index (χ0) is 15.7. The van der Waals surface area contributed by atoms with E-state index < -0.39 is 0 Å². The van der Waals surface area contributed by atoms with Crippen molar-refractivity contribution in [3.05, 3.63) is 41.2 Å². The fourth-order valence-corrected chi connectivity index (χ4v) is 2.39. The van der Waals surface area contributed by atoms with E-state index >= 15 is 0 Å².